The van der Waals surface area contributed by atoms with Crippen molar-refractivity contribution in [3.63, 3.8) is 0 Å². The van der Waals surface area contributed by atoms with Crippen LogP contribution in [0.15, 0.2) is 53.4 Å². The maximum Gasteiger partial charge on any atom is 0.254 e. The van der Waals surface area contributed by atoms with Crippen LogP contribution in [-0.2, 0) is 21.3 Å². The lowest BCUT2D eigenvalue weighted by Gasteiger charge is -2.30. The zero-order chi connectivity index (χ0) is 21.7. The molecule has 0 aliphatic carbocycles. The van der Waals surface area contributed by atoms with Gasteiger partial charge in [0.1, 0.15) is 0 Å². The first kappa shape index (κ1) is 22.5. The molecule has 1 aliphatic rings. The summed E-state index contributed by atoms with van der Waals surface area (Å²) in [5, 5.41) is 0. The summed E-state index contributed by atoms with van der Waals surface area (Å²) in [7, 11) is -3.66. The molecule has 1 aliphatic heterocycles. The predicted octanol–water partition coefficient (Wildman–Crippen LogP) is 3.46. The van der Waals surface area contributed by atoms with Crippen molar-refractivity contribution in [1.82, 2.24) is 9.21 Å². The SMILES string of the molecule is CC[C@H](C)N(Cc1ccccc1)C(=O)c1cc(S(=O)(=O)N2CCOCC2)ccc1C. The van der Waals surface area contributed by atoms with E-state index in [0.717, 1.165) is 17.5 Å². The molecule has 0 aromatic heterocycles. The molecular weight excluding hydrogens is 400 g/mol. The van der Waals surface area contributed by atoms with Crippen LogP contribution in [0.2, 0.25) is 0 Å². The maximum atomic E-state index is 13.5. The van der Waals surface area contributed by atoms with Gasteiger partial charge in [-0.2, -0.15) is 4.31 Å². The number of hydrogen-bond acceptors (Lipinski definition) is 4. The summed E-state index contributed by atoms with van der Waals surface area (Å²) >= 11 is 0. The van der Waals surface area contributed by atoms with Gasteiger partial charge in [0.05, 0.1) is 18.1 Å². The summed E-state index contributed by atoms with van der Waals surface area (Å²) in [5.41, 5.74) is 2.24. The third-order valence-electron chi connectivity index (χ3n) is 5.63. The summed E-state index contributed by atoms with van der Waals surface area (Å²) < 4.78 is 32.8. The van der Waals surface area contributed by atoms with Gasteiger partial charge in [0.15, 0.2) is 0 Å². The van der Waals surface area contributed by atoms with Crippen molar-refractivity contribution in [3.8, 4) is 0 Å². The molecule has 0 bridgehead atoms. The second kappa shape index (κ2) is 9.73. The Morgan fingerprint density at radius 2 is 1.80 bits per heavy atom. The van der Waals surface area contributed by atoms with Crippen LogP contribution < -0.4 is 0 Å². The van der Waals surface area contributed by atoms with E-state index in [1.807, 2.05) is 56.0 Å². The van der Waals surface area contributed by atoms with Crippen molar-refractivity contribution in [1.29, 1.82) is 0 Å². The van der Waals surface area contributed by atoms with E-state index in [1.54, 1.807) is 12.1 Å². The Bertz CT molecular complexity index is 970. The van der Waals surface area contributed by atoms with Gasteiger partial charge in [-0.1, -0.05) is 43.3 Å². The van der Waals surface area contributed by atoms with Crippen LogP contribution in [0.25, 0.3) is 0 Å². The smallest absolute Gasteiger partial charge is 0.254 e. The highest BCUT2D eigenvalue weighted by molar-refractivity contribution is 7.89. The average Bonchev–Trinajstić information content (AvgIpc) is 2.78. The number of nitrogens with zero attached hydrogens (tertiary/aromatic N) is 2. The van der Waals surface area contributed by atoms with Gasteiger partial charge >= 0.3 is 0 Å². The molecule has 6 nitrogen and oxygen atoms in total. The van der Waals surface area contributed by atoms with Crippen molar-refractivity contribution in [2.24, 2.45) is 0 Å². The Balaban J connectivity index is 1.94. The normalized spacial score (nSPS) is 16.2. The third kappa shape index (κ3) is 4.91. The van der Waals surface area contributed by atoms with Gasteiger partial charge in [-0.3, -0.25) is 4.79 Å². The van der Waals surface area contributed by atoms with Crippen LogP contribution in [0, 0.1) is 6.92 Å². The van der Waals surface area contributed by atoms with Crippen LogP contribution in [0.3, 0.4) is 0 Å². The molecule has 30 heavy (non-hydrogen) atoms. The molecule has 1 amide bonds. The Labute approximate surface area is 179 Å². The molecule has 0 spiro atoms. The van der Waals surface area contributed by atoms with Gasteiger partial charge < -0.3 is 9.64 Å². The van der Waals surface area contributed by atoms with Crippen molar-refractivity contribution in [2.45, 2.75) is 44.7 Å². The lowest BCUT2D eigenvalue weighted by molar-refractivity contribution is 0.0670. The molecule has 3 rings (SSSR count). The van der Waals surface area contributed by atoms with Crippen LogP contribution in [0.1, 0.15) is 41.8 Å². The minimum absolute atomic E-state index is 0.0246. The Hall–Kier alpha value is -2.22. The molecule has 0 radical (unpaired) electrons. The number of rotatable bonds is 7. The van der Waals surface area contributed by atoms with Crippen LogP contribution in [0.4, 0.5) is 0 Å². The molecule has 1 fully saturated rings. The van der Waals surface area contributed by atoms with Gasteiger partial charge in [-0.25, -0.2) is 8.42 Å². The van der Waals surface area contributed by atoms with Crippen LogP contribution in [0.5, 0.6) is 0 Å². The quantitative estimate of drug-likeness (QED) is 0.675. The molecule has 2 aromatic carbocycles. The maximum absolute atomic E-state index is 13.5. The highest BCUT2D eigenvalue weighted by atomic mass is 32.2. The zero-order valence-corrected chi connectivity index (χ0v) is 18.7. The molecule has 1 atom stereocenters. The number of benzene rings is 2. The summed E-state index contributed by atoms with van der Waals surface area (Å²) in [4.78, 5) is 15.5. The molecular formula is C23H30N2O4S. The highest BCUT2D eigenvalue weighted by Gasteiger charge is 2.29. The Morgan fingerprint density at radius 3 is 2.43 bits per heavy atom. The van der Waals surface area contributed by atoms with Crippen molar-refractivity contribution >= 4 is 15.9 Å². The van der Waals surface area contributed by atoms with Gasteiger partial charge in [-0.15, -0.1) is 0 Å². The number of sulfonamides is 1. The molecule has 1 saturated heterocycles. The van der Waals surface area contributed by atoms with Crippen LogP contribution >= 0.6 is 0 Å². The number of morpholine rings is 1. The fourth-order valence-corrected chi connectivity index (χ4v) is 4.95. The minimum atomic E-state index is -3.66. The standard InChI is InChI=1S/C23H30N2O4S/c1-4-19(3)25(17-20-8-6-5-7-9-20)23(26)22-16-21(11-10-18(22)2)30(27,28)24-12-14-29-15-13-24/h5-11,16,19H,4,12-15,17H2,1-3H3/t19-/m0/s1. The number of aryl methyl sites for hydroxylation is 1. The molecule has 0 saturated carbocycles. The summed E-state index contributed by atoms with van der Waals surface area (Å²) in [6.45, 7) is 7.81. The van der Waals surface area contributed by atoms with Gasteiger partial charge in [0, 0.05) is 31.2 Å². The monoisotopic (exact) mass is 430 g/mol. The number of hydrogen-bond donors (Lipinski definition) is 0. The minimum Gasteiger partial charge on any atom is -0.379 e. The van der Waals surface area contributed by atoms with E-state index < -0.39 is 10.0 Å². The number of carbonyl (C=O) groups is 1. The van der Waals surface area contributed by atoms with Crippen molar-refractivity contribution in [3.05, 3.63) is 65.2 Å². The topological polar surface area (TPSA) is 66.9 Å². The Kier molecular flexibility index (Phi) is 7.28. The number of amides is 1. The van der Waals surface area contributed by atoms with Gasteiger partial charge in [-0.05, 0) is 43.5 Å². The Morgan fingerprint density at radius 1 is 1.13 bits per heavy atom. The predicted molar refractivity (Wildman–Crippen MR) is 117 cm³/mol. The number of ether oxygens (including phenoxy) is 1. The van der Waals surface area contributed by atoms with E-state index >= 15 is 0 Å². The van der Waals surface area contributed by atoms with Crippen molar-refractivity contribution in [2.75, 3.05) is 26.3 Å². The molecule has 1 heterocycles. The van der Waals surface area contributed by atoms with E-state index in [1.165, 1.54) is 10.4 Å². The average molecular weight is 431 g/mol. The number of carbonyl (C=O) groups excluding carboxylic acids is 1. The molecule has 2 aromatic rings. The van der Waals surface area contributed by atoms with Crippen molar-refractivity contribution < 1.29 is 17.9 Å². The second-order valence-corrected chi connectivity index (χ2v) is 9.61. The lowest BCUT2D eigenvalue weighted by atomic mass is 10.0. The highest BCUT2D eigenvalue weighted by Crippen LogP contribution is 2.23. The first-order valence-electron chi connectivity index (χ1n) is 10.4. The summed E-state index contributed by atoms with van der Waals surface area (Å²) in [6.07, 6.45) is 0.809. The fraction of sp³-hybridized carbons (Fsp3) is 0.435. The van der Waals surface area contributed by atoms with E-state index in [0.29, 0.717) is 38.4 Å². The lowest BCUT2D eigenvalue weighted by Crippen LogP contribution is -2.41. The van der Waals surface area contributed by atoms with E-state index in [2.05, 4.69) is 0 Å². The molecule has 162 valence electrons. The first-order valence-corrected chi connectivity index (χ1v) is 11.8. The molecule has 0 N–H and O–H groups in total. The molecule has 0 unspecified atom stereocenters. The van der Waals surface area contributed by atoms with E-state index in [-0.39, 0.29) is 16.8 Å². The zero-order valence-electron chi connectivity index (χ0n) is 17.9. The largest absolute Gasteiger partial charge is 0.379 e. The molecule has 7 heteroatoms. The second-order valence-electron chi connectivity index (χ2n) is 7.67. The summed E-state index contributed by atoms with van der Waals surface area (Å²) in [6, 6.07) is 14.7. The first-order chi connectivity index (χ1) is 14.3. The summed E-state index contributed by atoms with van der Waals surface area (Å²) in [5.74, 6) is -0.148. The van der Waals surface area contributed by atoms with Gasteiger partial charge in [0.25, 0.3) is 5.91 Å². The van der Waals surface area contributed by atoms with Gasteiger partial charge in [0.2, 0.25) is 10.0 Å². The van der Waals surface area contributed by atoms with E-state index in [4.69, 9.17) is 4.74 Å². The fourth-order valence-electron chi connectivity index (χ4n) is 3.51. The van der Waals surface area contributed by atoms with Crippen LogP contribution in [-0.4, -0.2) is 55.9 Å². The van der Waals surface area contributed by atoms with E-state index in [9.17, 15) is 13.2 Å². The third-order valence-corrected chi connectivity index (χ3v) is 7.52.